The van der Waals surface area contributed by atoms with Crippen LogP contribution in [0.2, 0.25) is 0 Å². The summed E-state index contributed by atoms with van der Waals surface area (Å²) in [4.78, 5) is 11.4. The lowest BCUT2D eigenvalue weighted by atomic mass is 9.91. The minimum absolute atomic E-state index is 0.102. The summed E-state index contributed by atoms with van der Waals surface area (Å²) < 4.78 is 5.32. The first kappa shape index (κ1) is 9.79. The van der Waals surface area contributed by atoms with Crippen LogP contribution in [0.1, 0.15) is 5.56 Å². The predicted molar refractivity (Wildman–Crippen MR) is 53.5 cm³/mol. The molecule has 1 atom stereocenters. The van der Waals surface area contributed by atoms with Crippen molar-refractivity contribution in [2.75, 3.05) is 13.7 Å². The van der Waals surface area contributed by atoms with Gasteiger partial charge < -0.3 is 15.6 Å². The van der Waals surface area contributed by atoms with Crippen molar-refractivity contribution in [3.05, 3.63) is 23.8 Å². The van der Waals surface area contributed by atoms with Crippen LogP contribution in [0.3, 0.4) is 0 Å². The third-order valence-electron chi connectivity index (χ3n) is 2.72. The van der Waals surface area contributed by atoms with Gasteiger partial charge in [0.15, 0.2) is 5.54 Å². The zero-order valence-electron chi connectivity index (χ0n) is 8.28. The molecule has 0 saturated carbocycles. The Hall–Kier alpha value is -1.75. The molecule has 0 aliphatic carbocycles. The molecule has 1 aromatic carbocycles. The molecule has 4 N–H and O–H groups in total. The van der Waals surface area contributed by atoms with Crippen molar-refractivity contribution in [1.29, 1.82) is 0 Å². The van der Waals surface area contributed by atoms with E-state index in [-0.39, 0.29) is 12.4 Å². The van der Waals surface area contributed by atoms with Gasteiger partial charge in [-0.05, 0) is 19.2 Å². The quantitative estimate of drug-likeness (QED) is 0.622. The van der Waals surface area contributed by atoms with E-state index in [1.165, 1.54) is 12.1 Å². The van der Waals surface area contributed by atoms with Gasteiger partial charge in [-0.2, -0.15) is 0 Å². The molecule has 2 rings (SSSR count). The molecule has 0 fully saturated rings. The Labute approximate surface area is 86.8 Å². The summed E-state index contributed by atoms with van der Waals surface area (Å²) in [5, 5.41) is 12.1. The molecule has 0 radical (unpaired) electrons. The summed E-state index contributed by atoms with van der Waals surface area (Å²) in [5.41, 5.74) is 5.03. The first-order valence-electron chi connectivity index (χ1n) is 4.55. The number of carbonyl (C=O) groups excluding carboxylic acids is 1. The van der Waals surface area contributed by atoms with Crippen LogP contribution < -0.4 is 15.8 Å². The maximum absolute atomic E-state index is 11.4. The summed E-state index contributed by atoms with van der Waals surface area (Å²) in [7, 11) is 1.65. The van der Waals surface area contributed by atoms with Crippen molar-refractivity contribution in [2.24, 2.45) is 5.73 Å². The van der Waals surface area contributed by atoms with Gasteiger partial charge in [-0.3, -0.25) is 10.1 Å². The van der Waals surface area contributed by atoms with E-state index in [2.05, 4.69) is 5.32 Å². The molecule has 1 aromatic rings. The van der Waals surface area contributed by atoms with Gasteiger partial charge in [0.1, 0.15) is 18.1 Å². The van der Waals surface area contributed by atoms with Crippen molar-refractivity contribution in [3.63, 3.8) is 0 Å². The topological polar surface area (TPSA) is 84.6 Å². The number of hydrogen-bond donors (Lipinski definition) is 3. The average Bonchev–Trinajstić information content (AvgIpc) is 2.56. The summed E-state index contributed by atoms with van der Waals surface area (Å²) in [6, 6.07) is 4.61. The normalized spacial score (nSPS) is 23.3. The van der Waals surface area contributed by atoms with Crippen LogP contribution in [0.15, 0.2) is 18.2 Å². The molecule has 5 heteroatoms. The highest BCUT2D eigenvalue weighted by Gasteiger charge is 2.44. The highest BCUT2D eigenvalue weighted by Crippen LogP contribution is 2.38. The van der Waals surface area contributed by atoms with Gasteiger partial charge in [-0.25, -0.2) is 0 Å². The number of benzene rings is 1. The number of phenols is 1. The molecule has 80 valence electrons. The average molecular weight is 208 g/mol. The molecule has 1 unspecified atom stereocenters. The Morgan fingerprint density at radius 1 is 1.67 bits per heavy atom. The van der Waals surface area contributed by atoms with E-state index in [1.807, 2.05) is 0 Å². The van der Waals surface area contributed by atoms with Crippen LogP contribution in [0, 0.1) is 0 Å². The first-order valence-corrected chi connectivity index (χ1v) is 4.55. The van der Waals surface area contributed by atoms with E-state index in [4.69, 9.17) is 10.5 Å². The van der Waals surface area contributed by atoms with Gasteiger partial charge in [0.25, 0.3) is 0 Å². The van der Waals surface area contributed by atoms with E-state index in [0.717, 1.165) is 0 Å². The van der Waals surface area contributed by atoms with Gasteiger partial charge in [0, 0.05) is 11.6 Å². The lowest BCUT2D eigenvalue weighted by Crippen LogP contribution is -2.52. The predicted octanol–water partition coefficient (Wildman–Crippen LogP) is -0.315. The van der Waals surface area contributed by atoms with Gasteiger partial charge in [0.05, 0.1) is 0 Å². The highest BCUT2D eigenvalue weighted by atomic mass is 16.5. The molecular formula is C10H12N2O3. The maximum Gasteiger partial charge on any atom is 0.246 e. The van der Waals surface area contributed by atoms with Crippen LogP contribution >= 0.6 is 0 Å². The molecule has 0 aromatic heterocycles. The van der Waals surface area contributed by atoms with Crippen molar-refractivity contribution < 1.29 is 14.6 Å². The first-order chi connectivity index (χ1) is 7.10. The third kappa shape index (κ3) is 1.24. The fraction of sp³-hybridized carbons (Fsp3) is 0.300. The number of hydrogen-bond acceptors (Lipinski definition) is 4. The number of carbonyl (C=O) groups is 1. The second-order valence-electron chi connectivity index (χ2n) is 3.49. The Kier molecular flexibility index (Phi) is 2.04. The number of rotatable bonds is 2. The van der Waals surface area contributed by atoms with Crippen molar-refractivity contribution in [3.8, 4) is 11.5 Å². The van der Waals surface area contributed by atoms with Crippen LogP contribution in [0.5, 0.6) is 11.5 Å². The van der Waals surface area contributed by atoms with Crippen molar-refractivity contribution in [2.45, 2.75) is 5.54 Å². The number of nitrogens with one attached hydrogen (secondary N) is 1. The molecule has 1 heterocycles. The monoisotopic (exact) mass is 208 g/mol. The lowest BCUT2D eigenvalue weighted by Gasteiger charge is -2.23. The molecular weight excluding hydrogens is 196 g/mol. The van der Waals surface area contributed by atoms with Gasteiger partial charge in [-0.15, -0.1) is 0 Å². The number of aromatic hydroxyl groups is 1. The lowest BCUT2D eigenvalue weighted by molar-refractivity contribution is -0.125. The summed E-state index contributed by atoms with van der Waals surface area (Å²) in [6.07, 6.45) is 0. The van der Waals surface area contributed by atoms with Crippen LogP contribution in [0.25, 0.3) is 0 Å². The number of nitrogens with two attached hydrogens (primary N) is 1. The number of ether oxygens (including phenoxy) is 1. The van der Waals surface area contributed by atoms with E-state index < -0.39 is 11.4 Å². The minimum atomic E-state index is -0.983. The second-order valence-corrected chi connectivity index (χ2v) is 3.49. The Bertz CT molecular complexity index is 419. The van der Waals surface area contributed by atoms with Gasteiger partial charge in [0.2, 0.25) is 5.91 Å². The zero-order chi connectivity index (χ0) is 11.1. The molecule has 15 heavy (non-hydrogen) atoms. The van der Waals surface area contributed by atoms with Crippen molar-refractivity contribution >= 4 is 5.91 Å². The van der Waals surface area contributed by atoms with E-state index >= 15 is 0 Å². The van der Waals surface area contributed by atoms with Crippen LogP contribution in [0.4, 0.5) is 0 Å². The molecule has 5 nitrogen and oxygen atoms in total. The molecule has 1 amide bonds. The van der Waals surface area contributed by atoms with E-state index in [1.54, 1.807) is 13.1 Å². The standard InChI is InChI=1S/C10H12N2O3/c1-12-10(9(11)14)5-15-8-4-6(13)2-3-7(8)10/h2-4,12-13H,5H2,1H3,(H2,11,14). The van der Waals surface area contributed by atoms with E-state index in [9.17, 15) is 9.90 Å². The minimum Gasteiger partial charge on any atom is -0.508 e. The number of amides is 1. The van der Waals surface area contributed by atoms with Crippen molar-refractivity contribution in [1.82, 2.24) is 5.32 Å². The van der Waals surface area contributed by atoms with Crippen LogP contribution in [-0.4, -0.2) is 24.7 Å². The number of primary amides is 1. The SMILES string of the molecule is CNC1(C(N)=O)COc2cc(O)ccc21. The summed E-state index contributed by atoms with van der Waals surface area (Å²) in [5.74, 6) is 0.0997. The maximum atomic E-state index is 11.4. The third-order valence-corrected chi connectivity index (χ3v) is 2.72. The smallest absolute Gasteiger partial charge is 0.246 e. The molecule has 0 spiro atoms. The Balaban J connectivity index is 2.56. The van der Waals surface area contributed by atoms with Crippen LogP contribution in [-0.2, 0) is 10.3 Å². The highest BCUT2D eigenvalue weighted by molar-refractivity contribution is 5.88. The fourth-order valence-electron chi connectivity index (χ4n) is 1.78. The number of phenolic OH excluding ortho intramolecular Hbond substituents is 1. The molecule has 0 bridgehead atoms. The molecule has 1 aliphatic rings. The Morgan fingerprint density at radius 2 is 2.40 bits per heavy atom. The fourth-order valence-corrected chi connectivity index (χ4v) is 1.78. The number of likely N-dealkylation sites (N-methyl/N-ethyl adjacent to an activating group) is 1. The van der Waals surface area contributed by atoms with Gasteiger partial charge in [-0.1, -0.05) is 0 Å². The number of fused-ring (bicyclic) bond motifs is 1. The molecule has 0 saturated heterocycles. The molecule has 1 aliphatic heterocycles. The van der Waals surface area contributed by atoms with Gasteiger partial charge >= 0.3 is 0 Å². The largest absolute Gasteiger partial charge is 0.508 e. The van der Waals surface area contributed by atoms with E-state index in [0.29, 0.717) is 11.3 Å². The zero-order valence-corrected chi connectivity index (χ0v) is 8.28. The summed E-state index contributed by atoms with van der Waals surface area (Å²) in [6.45, 7) is 0.150. The Morgan fingerprint density at radius 3 is 3.00 bits per heavy atom. The second kappa shape index (κ2) is 3.13. The summed E-state index contributed by atoms with van der Waals surface area (Å²) >= 11 is 0.